The van der Waals surface area contributed by atoms with E-state index in [1.165, 1.54) is 5.56 Å². The zero-order valence-electron chi connectivity index (χ0n) is 21.0. The van der Waals surface area contributed by atoms with Crippen LogP contribution in [0.3, 0.4) is 0 Å². The number of aliphatic imine (C=N–C) groups is 1. The predicted octanol–water partition coefficient (Wildman–Crippen LogP) is 7.51. The molecule has 172 valence electrons. The number of likely N-dealkylation sites (N-methyl/N-ethyl adjacent to an activating group) is 1. The van der Waals surface area contributed by atoms with Crippen LogP contribution in [0.1, 0.15) is 68.7 Å². The molecule has 0 aromatic heterocycles. The highest BCUT2D eigenvalue weighted by Gasteiger charge is 2.25. The van der Waals surface area contributed by atoms with Crippen LogP contribution in [0.2, 0.25) is 0 Å². The average Bonchev–Trinajstić information content (AvgIpc) is 2.84. The van der Waals surface area contributed by atoms with Crippen molar-refractivity contribution >= 4 is 11.8 Å². The van der Waals surface area contributed by atoms with Gasteiger partial charge in [0.15, 0.2) is 0 Å². The Hall–Kier alpha value is -3.38. The fraction of sp³-hybridized carbons (Fsp3) is 0.333. The Kier molecular flexibility index (Phi) is 9.88. The second kappa shape index (κ2) is 12.6. The molecule has 1 heterocycles. The Morgan fingerprint density at radius 1 is 1.21 bits per heavy atom. The number of nitriles is 1. The second-order valence-electron chi connectivity index (χ2n) is 8.10. The van der Waals surface area contributed by atoms with Crippen molar-refractivity contribution in [1.29, 1.82) is 5.26 Å². The second-order valence-corrected chi connectivity index (χ2v) is 8.10. The molecule has 0 saturated carbocycles. The summed E-state index contributed by atoms with van der Waals surface area (Å²) in [7, 11) is 3.84. The number of hydrogen-bond donors (Lipinski definition) is 0. The maximum absolute atomic E-state index is 10.2. The van der Waals surface area contributed by atoms with Crippen LogP contribution in [0.15, 0.2) is 83.2 Å². The summed E-state index contributed by atoms with van der Waals surface area (Å²) >= 11 is 0. The normalized spacial score (nSPS) is 16.8. The summed E-state index contributed by atoms with van der Waals surface area (Å²) in [6.45, 7) is 12.6. The molecular formula is C30H37N3. The Morgan fingerprint density at radius 3 is 2.52 bits per heavy atom. The standard InChI is InChI=1S/C30H37N3/c1-8-12-16-25(15-9-2)30(32-6)29-24(11-4)19-23(10-3)20-26(29)22(5)27(21-31)28-17-13-14-18-33(28)7/h10,12-20,22H,3,8-9,11H2,1-2,4-7H3/b16-12-,25-15+,28-27-,32-30-. The first-order chi connectivity index (χ1) is 16.0. The molecular weight excluding hydrogens is 402 g/mol. The van der Waals surface area contributed by atoms with Gasteiger partial charge in [0.05, 0.1) is 23.1 Å². The van der Waals surface area contributed by atoms with E-state index in [1.807, 2.05) is 49.5 Å². The van der Waals surface area contributed by atoms with Gasteiger partial charge in [0.25, 0.3) is 0 Å². The maximum Gasteiger partial charge on any atom is 0.0975 e. The van der Waals surface area contributed by atoms with Gasteiger partial charge in [-0.1, -0.05) is 76.8 Å². The highest BCUT2D eigenvalue weighted by molar-refractivity contribution is 6.16. The number of allylic oxidation sites excluding steroid dienone is 8. The highest BCUT2D eigenvalue weighted by atomic mass is 15.1. The van der Waals surface area contributed by atoms with Gasteiger partial charge in [-0.2, -0.15) is 5.26 Å². The lowest BCUT2D eigenvalue weighted by Crippen LogP contribution is -2.18. The molecule has 0 fully saturated rings. The van der Waals surface area contributed by atoms with Gasteiger partial charge in [-0.3, -0.25) is 4.99 Å². The molecule has 0 amide bonds. The molecule has 33 heavy (non-hydrogen) atoms. The molecule has 1 unspecified atom stereocenters. The number of aryl methyl sites for hydroxylation is 1. The summed E-state index contributed by atoms with van der Waals surface area (Å²) in [6, 6.07) is 6.88. The third kappa shape index (κ3) is 5.90. The maximum atomic E-state index is 10.2. The van der Waals surface area contributed by atoms with Crippen LogP contribution in [-0.4, -0.2) is 24.7 Å². The summed E-state index contributed by atoms with van der Waals surface area (Å²) < 4.78 is 0. The fourth-order valence-corrected chi connectivity index (χ4v) is 4.21. The molecule has 1 atom stereocenters. The van der Waals surface area contributed by atoms with Crippen LogP contribution < -0.4 is 0 Å². The molecule has 2 rings (SSSR count). The topological polar surface area (TPSA) is 39.4 Å². The van der Waals surface area contributed by atoms with Crippen LogP contribution >= 0.6 is 0 Å². The first-order valence-electron chi connectivity index (χ1n) is 11.8. The largest absolute Gasteiger partial charge is 0.350 e. The van der Waals surface area contributed by atoms with E-state index in [0.29, 0.717) is 0 Å². The number of rotatable bonds is 9. The van der Waals surface area contributed by atoms with Crippen LogP contribution in [0.5, 0.6) is 0 Å². The van der Waals surface area contributed by atoms with Gasteiger partial charge >= 0.3 is 0 Å². The zero-order valence-corrected chi connectivity index (χ0v) is 21.0. The summed E-state index contributed by atoms with van der Waals surface area (Å²) in [6.07, 6.45) is 19.2. The molecule has 1 aromatic rings. The van der Waals surface area contributed by atoms with Crippen molar-refractivity contribution in [3.05, 3.63) is 100 Å². The predicted molar refractivity (Wildman–Crippen MR) is 143 cm³/mol. The Labute approximate surface area is 200 Å². The van der Waals surface area contributed by atoms with E-state index >= 15 is 0 Å². The van der Waals surface area contributed by atoms with Crippen molar-refractivity contribution in [2.75, 3.05) is 14.1 Å². The molecule has 3 heteroatoms. The SMILES string of the molecule is C=Cc1cc(CC)c(C(=N\C)/C(/C=C\CC)=C/CC)c(C(C)/C(C#N)=C2/C=CC=CN2C)c1. The van der Waals surface area contributed by atoms with Gasteiger partial charge in [0, 0.05) is 31.8 Å². The van der Waals surface area contributed by atoms with Gasteiger partial charge in [-0.15, -0.1) is 0 Å². The molecule has 1 aromatic carbocycles. The lowest BCUT2D eigenvalue weighted by molar-refractivity contribution is 0.572. The molecule has 1 aliphatic heterocycles. The average molecular weight is 440 g/mol. The quantitative estimate of drug-likeness (QED) is 0.227. The van der Waals surface area contributed by atoms with Crippen LogP contribution in [-0.2, 0) is 6.42 Å². The van der Waals surface area contributed by atoms with E-state index in [2.05, 4.69) is 70.7 Å². The number of hydrogen-bond acceptors (Lipinski definition) is 3. The zero-order chi connectivity index (χ0) is 24.4. The van der Waals surface area contributed by atoms with E-state index in [1.54, 1.807) is 0 Å². The van der Waals surface area contributed by atoms with Crippen LogP contribution in [0.4, 0.5) is 0 Å². The third-order valence-electron chi connectivity index (χ3n) is 5.93. The van der Waals surface area contributed by atoms with E-state index in [-0.39, 0.29) is 5.92 Å². The number of nitrogens with zero attached hydrogens (tertiary/aromatic N) is 3. The van der Waals surface area contributed by atoms with Gasteiger partial charge in [0.1, 0.15) is 0 Å². The van der Waals surface area contributed by atoms with Gasteiger partial charge in [0.2, 0.25) is 0 Å². The lowest BCUT2D eigenvalue weighted by Gasteiger charge is -2.26. The van der Waals surface area contributed by atoms with Crippen molar-refractivity contribution in [3.8, 4) is 6.07 Å². The Bertz CT molecular complexity index is 1080. The minimum Gasteiger partial charge on any atom is -0.350 e. The summed E-state index contributed by atoms with van der Waals surface area (Å²) in [5.74, 6) is -0.112. The van der Waals surface area contributed by atoms with Gasteiger partial charge in [-0.05, 0) is 53.7 Å². The molecule has 0 N–H and O–H groups in total. The number of benzene rings is 1. The minimum atomic E-state index is -0.112. The summed E-state index contributed by atoms with van der Waals surface area (Å²) in [5.41, 5.74) is 8.28. The van der Waals surface area contributed by atoms with E-state index in [9.17, 15) is 5.26 Å². The monoisotopic (exact) mass is 439 g/mol. The minimum absolute atomic E-state index is 0.112. The van der Waals surface area contributed by atoms with Crippen molar-refractivity contribution in [1.82, 2.24) is 4.90 Å². The molecule has 0 aliphatic carbocycles. The highest BCUT2D eigenvalue weighted by Crippen LogP contribution is 2.35. The smallest absolute Gasteiger partial charge is 0.0975 e. The summed E-state index contributed by atoms with van der Waals surface area (Å²) in [4.78, 5) is 6.79. The molecule has 0 bridgehead atoms. The van der Waals surface area contributed by atoms with Crippen molar-refractivity contribution in [2.45, 2.75) is 52.9 Å². The van der Waals surface area contributed by atoms with Gasteiger partial charge in [-0.25, -0.2) is 0 Å². The van der Waals surface area contributed by atoms with Crippen molar-refractivity contribution in [3.63, 3.8) is 0 Å². The van der Waals surface area contributed by atoms with Crippen molar-refractivity contribution < 1.29 is 0 Å². The lowest BCUT2D eigenvalue weighted by atomic mass is 9.81. The molecule has 0 saturated heterocycles. The summed E-state index contributed by atoms with van der Waals surface area (Å²) in [5, 5.41) is 10.2. The van der Waals surface area contributed by atoms with E-state index in [4.69, 9.17) is 4.99 Å². The first kappa shape index (κ1) is 25.9. The first-order valence-corrected chi connectivity index (χ1v) is 11.8. The van der Waals surface area contributed by atoms with Crippen LogP contribution in [0.25, 0.3) is 6.08 Å². The third-order valence-corrected chi connectivity index (χ3v) is 5.93. The van der Waals surface area contributed by atoms with Crippen LogP contribution in [0, 0.1) is 11.3 Å². The van der Waals surface area contributed by atoms with Gasteiger partial charge < -0.3 is 4.90 Å². The Morgan fingerprint density at radius 2 is 1.97 bits per heavy atom. The van der Waals surface area contributed by atoms with E-state index in [0.717, 1.165) is 58.5 Å². The molecule has 3 nitrogen and oxygen atoms in total. The fourth-order valence-electron chi connectivity index (χ4n) is 4.21. The molecule has 1 aliphatic rings. The molecule has 0 radical (unpaired) electrons. The Balaban J connectivity index is 2.86. The van der Waals surface area contributed by atoms with Crippen molar-refractivity contribution in [2.24, 2.45) is 4.99 Å². The van der Waals surface area contributed by atoms with E-state index < -0.39 is 0 Å². The molecule has 0 spiro atoms.